The van der Waals surface area contributed by atoms with Crippen molar-refractivity contribution >= 4 is 5.82 Å². The molecule has 106 valence electrons. The van der Waals surface area contributed by atoms with Crippen LogP contribution in [0.1, 0.15) is 32.4 Å². The standard InChI is InChI=1S/C15H26N4/c1-12(2)10-16-11-14-4-8-19(9-5-14)15-13(3)17-6-7-18-15/h6-7,12,14,16H,4-5,8-11H2,1-3H3. The third-order valence-electron chi connectivity index (χ3n) is 3.75. The lowest BCUT2D eigenvalue weighted by Crippen LogP contribution is -2.38. The van der Waals surface area contributed by atoms with Crippen LogP contribution in [0.15, 0.2) is 12.4 Å². The Labute approximate surface area is 116 Å². The second kappa shape index (κ2) is 6.85. The molecule has 19 heavy (non-hydrogen) atoms. The summed E-state index contributed by atoms with van der Waals surface area (Å²) in [5.41, 5.74) is 1.04. The highest BCUT2D eigenvalue weighted by Gasteiger charge is 2.21. The molecule has 2 rings (SSSR count). The fourth-order valence-corrected chi connectivity index (χ4v) is 2.64. The van der Waals surface area contributed by atoms with E-state index >= 15 is 0 Å². The Morgan fingerprint density at radius 1 is 1.26 bits per heavy atom. The van der Waals surface area contributed by atoms with E-state index in [-0.39, 0.29) is 0 Å². The third-order valence-corrected chi connectivity index (χ3v) is 3.75. The predicted octanol–water partition coefficient (Wildman–Crippen LogP) is 2.25. The molecular weight excluding hydrogens is 236 g/mol. The summed E-state index contributed by atoms with van der Waals surface area (Å²) in [5, 5.41) is 3.57. The van der Waals surface area contributed by atoms with Gasteiger partial charge in [0.05, 0.1) is 5.69 Å². The minimum atomic E-state index is 0.738. The molecule has 0 aromatic carbocycles. The molecule has 0 atom stereocenters. The van der Waals surface area contributed by atoms with E-state index in [1.54, 1.807) is 12.4 Å². The lowest BCUT2D eigenvalue weighted by molar-refractivity contribution is 0.372. The van der Waals surface area contributed by atoms with E-state index in [0.717, 1.165) is 49.5 Å². The molecule has 4 nitrogen and oxygen atoms in total. The SMILES string of the molecule is Cc1nccnc1N1CCC(CNCC(C)C)CC1. The van der Waals surface area contributed by atoms with Crippen LogP contribution >= 0.6 is 0 Å². The highest BCUT2D eigenvalue weighted by Crippen LogP contribution is 2.22. The van der Waals surface area contributed by atoms with Crippen LogP contribution < -0.4 is 10.2 Å². The second-order valence-corrected chi connectivity index (χ2v) is 5.95. The van der Waals surface area contributed by atoms with Gasteiger partial charge in [0.15, 0.2) is 0 Å². The van der Waals surface area contributed by atoms with Gasteiger partial charge in [0, 0.05) is 25.5 Å². The van der Waals surface area contributed by atoms with Gasteiger partial charge in [-0.05, 0) is 44.7 Å². The molecule has 4 heteroatoms. The van der Waals surface area contributed by atoms with Gasteiger partial charge in [-0.1, -0.05) is 13.8 Å². The van der Waals surface area contributed by atoms with Crippen molar-refractivity contribution < 1.29 is 0 Å². The van der Waals surface area contributed by atoms with Crippen LogP contribution in [0.5, 0.6) is 0 Å². The fourth-order valence-electron chi connectivity index (χ4n) is 2.64. The molecule has 0 radical (unpaired) electrons. The summed E-state index contributed by atoms with van der Waals surface area (Å²) in [6.07, 6.45) is 6.06. The highest BCUT2D eigenvalue weighted by atomic mass is 15.2. The van der Waals surface area contributed by atoms with Crippen LogP contribution in [0.3, 0.4) is 0 Å². The number of nitrogens with zero attached hydrogens (tertiary/aromatic N) is 3. The van der Waals surface area contributed by atoms with Gasteiger partial charge in [0.2, 0.25) is 0 Å². The van der Waals surface area contributed by atoms with Gasteiger partial charge in [0.1, 0.15) is 5.82 Å². The number of piperidine rings is 1. The van der Waals surface area contributed by atoms with Crippen molar-refractivity contribution in [3.8, 4) is 0 Å². The number of aryl methyl sites for hydroxylation is 1. The van der Waals surface area contributed by atoms with E-state index in [0.29, 0.717) is 0 Å². The molecule has 1 aromatic heterocycles. The van der Waals surface area contributed by atoms with Gasteiger partial charge in [-0.3, -0.25) is 4.98 Å². The van der Waals surface area contributed by atoms with Crippen LogP contribution in [-0.2, 0) is 0 Å². The van der Waals surface area contributed by atoms with Crippen LogP contribution in [0.2, 0.25) is 0 Å². The zero-order valence-electron chi connectivity index (χ0n) is 12.4. The van der Waals surface area contributed by atoms with Gasteiger partial charge >= 0.3 is 0 Å². The lowest BCUT2D eigenvalue weighted by atomic mass is 9.96. The molecule has 0 spiro atoms. The minimum absolute atomic E-state index is 0.738. The monoisotopic (exact) mass is 262 g/mol. The molecular formula is C15H26N4. The zero-order chi connectivity index (χ0) is 13.7. The van der Waals surface area contributed by atoms with Crippen LogP contribution in [-0.4, -0.2) is 36.1 Å². The Morgan fingerprint density at radius 2 is 1.95 bits per heavy atom. The Balaban J connectivity index is 1.78. The first-order valence-corrected chi connectivity index (χ1v) is 7.40. The molecule has 1 aliphatic heterocycles. The quantitative estimate of drug-likeness (QED) is 0.883. The summed E-state index contributed by atoms with van der Waals surface area (Å²) in [6, 6.07) is 0. The Kier molecular flexibility index (Phi) is 5.14. The molecule has 1 saturated heterocycles. The van der Waals surface area contributed by atoms with Gasteiger partial charge in [-0.2, -0.15) is 0 Å². The molecule has 0 bridgehead atoms. The first-order chi connectivity index (χ1) is 9.16. The molecule has 0 unspecified atom stereocenters. The number of anilines is 1. The van der Waals surface area contributed by atoms with E-state index in [2.05, 4.69) is 34.0 Å². The molecule has 1 aromatic rings. The molecule has 2 heterocycles. The molecule has 0 amide bonds. The molecule has 1 fully saturated rings. The van der Waals surface area contributed by atoms with Crippen molar-refractivity contribution in [3.63, 3.8) is 0 Å². The number of nitrogens with one attached hydrogen (secondary N) is 1. The minimum Gasteiger partial charge on any atom is -0.355 e. The fraction of sp³-hybridized carbons (Fsp3) is 0.733. The van der Waals surface area contributed by atoms with Gasteiger partial charge in [0.25, 0.3) is 0 Å². The van der Waals surface area contributed by atoms with Crippen LogP contribution in [0.25, 0.3) is 0 Å². The van der Waals surface area contributed by atoms with Crippen LogP contribution in [0.4, 0.5) is 5.82 Å². The summed E-state index contributed by atoms with van der Waals surface area (Å²) >= 11 is 0. The lowest BCUT2D eigenvalue weighted by Gasteiger charge is -2.33. The molecule has 0 aliphatic carbocycles. The Hall–Kier alpha value is -1.16. The van der Waals surface area contributed by atoms with E-state index < -0.39 is 0 Å². The summed E-state index contributed by atoms with van der Waals surface area (Å²) in [5.74, 6) is 2.62. The number of hydrogen-bond acceptors (Lipinski definition) is 4. The largest absolute Gasteiger partial charge is 0.355 e. The summed E-state index contributed by atoms with van der Waals surface area (Å²) < 4.78 is 0. The van der Waals surface area contributed by atoms with Gasteiger partial charge in [-0.15, -0.1) is 0 Å². The Morgan fingerprint density at radius 3 is 2.58 bits per heavy atom. The number of aromatic nitrogens is 2. The summed E-state index contributed by atoms with van der Waals surface area (Å²) in [4.78, 5) is 11.2. The zero-order valence-corrected chi connectivity index (χ0v) is 12.4. The van der Waals surface area contributed by atoms with Crippen molar-refractivity contribution in [2.24, 2.45) is 11.8 Å². The first-order valence-electron chi connectivity index (χ1n) is 7.40. The summed E-state index contributed by atoms with van der Waals surface area (Å²) in [6.45, 7) is 11.0. The van der Waals surface area contributed by atoms with Gasteiger partial charge in [-0.25, -0.2) is 4.98 Å². The predicted molar refractivity (Wildman–Crippen MR) is 79.4 cm³/mol. The average Bonchev–Trinajstić information content (AvgIpc) is 2.40. The van der Waals surface area contributed by atoms with Crippen molar-refractivity contribution in [2.75, 3.05) is 31.1 Å². The number of hydrogen-bond donors (Lipinski definition) is 1. The maximum Gasteiger partial charge on any atom is 0.150 e. The van der Waals surface area contributed by atoms with Crippen molar-refractivity contribution in [1.82, 2.24) is 15.3 Å². The normalized spacial score (nSPS) is 17.2. The highest BCUT2D eigenvalue weighted by molar-refractivity contribution is 5.42. The summed E-state index contributed by atoms with van der Waals surface area (Å²) in [7, 11) is 0. The second-order valence-electron chi connectivity index (χ2n) is 5.95. The first kappa shape index (κ1) is 14.3. The van der Waals surface area contributed by atoms with Crippen molar-refractivity contribution in [3.05, 3.63) is 18.1 Å². The van der Waals surface area contributed by atoms with E-state index in [4.69, 9.17) is 0 Å². The third kappa shape index (κ3) is 4.16. The molecule has 0 saturated carbocycles. The topological polar surface area (TPSA) is 41.1 Å². The van der Waals surface area contributed by atoms with E-state index in [9.17, 15) is 0 Å². The molecule has 1 aliphatic rings. The Bertz CT molecular complexity index is 383. The number of rotatable bonds is 5. The van der Waals surface area contributed by atoms with Crippen LogP contribution in [0, 0.1) is 18.8 Å². The van der Waals surface area contributed by atoms with Crippen molar-refractivity contribution in [2.45, 2.75) is 33.6 Å². The average molecular weight is 262 g/mol. The van der Waals surface area contributed by atoms with Crippen molar-refractivity contribution in [1.29, 1.82) is 0 Å². The van der Waals surface area contributed by atoms with Gasteiger partial charge < -0.3 is 10.2 Å². The van der Waals surface area contributed by atoms with E-state index in [1.165, 1.54) is 12.8 Å². The maximum atomic E-state index is 4.46. The van der Waals surface area contributed by atoms with E-state index in [1.807, 2.05) is 6.92 Å². The smallest absolute Gasteiger partial charge is 0.150 e. The molecule has 1 N–H and O–H groups in total. The maximum absolute atomic E-state index is 4.46.